The molecule has 4 nitrogen and oxygen atoms in total. The molecule has 1 aromatic rings. The zero-order chi connectivity index (χ0) is 19.0. The molecule has 1 aliphatic rings. The molecule has 0 spiro atoms. The van der Waals surface area contributed by atoms with Crippen molar-refractivity contribution in [3.8, 4) is 0 Å². The molecule has 0 bridgehead atoms. The molecule has 1 aliphatic heterocycles. The van der Waals surface area contributed by atoms with Gasteiger partial charge in [0.2, 0.25) is 0 Å². The maximum Gasteiger partial charge on any atom is 0.466 e. The van der Waals surface area contributed by atoms with Crippen molar-refractivity contribution in [1.29, 1.82) is 0 Å². The fourth-order valence-electron chi connectivity index (χ4n) is 2.53. The van der Waals surface area contributed by atoms with Gasteiger partial charge in [0, 0.05) is 10.7 Å². The zero-order valence-electron chi connectivity index (χ0n) is 14.4. The molecule has 0 aliphatic carbocycles. The van der Waals surface area contributed by atoms with Gasteiger partial charge in [-0.25, -0.2) is 0 Å². The van der Waals surface area contributed by atoms with Gasteiger partial charge in [-0.3, -0.25) is 4.79 Å². The summed E-state index contributed by atoms with van der Waals surface area (Å²) >= 11 is -0.212. The van der Waals surface area contributed by atoms with Gasteiger partial charge in [-0.1, -0.05) is 12.1 Å². The van der Waals surface area contributed by atoms with Crippen LogP contribution in [0.1, 0.15) is 45.5 Å². The fraction of sp³-hybridized carbons (Fsp3) is 0.562. The topological polar surface area (TPSA) is 55.8 Å². The highest BCUT2D eigenvalue weighted by Gasteiger charge is 2.54. The lowest BCUT2D eigenvalue weighted by Gasteiger charge is -2.32. The van der Waals surface area contributed by atoms with Crippen LogP contribution < -0.4 is 0 Å². The number of carboxylic acids is 1. The Morgan fingerprint density at radius 3 is 2.04 bits per heavy atom. The monoisotopic (exact) mass is 376 g/mol. The molecule has 1 saturated heterocycles. The van der Waals surface area contributed by atoms with Crippen LogP contribution >= 0.6 is 11.8 Å². The molecule has 0 aromatic heterocycles. The molecular weight excluding hydrogens is 356 g/mol. The smallest absolute Gasteiger partial charge is 0.466 e. The van der Waals surface area contributed by atoms with Crippen LogP contribution in [0.4, 0.5) is 13.2 Å². The number of thioether (sulfide) groups is 1. The largest absolute Gasteiger partial charge is 0.481 e. The van der Waals surface area contributed by atoms with Gasteiger partial charge in [-0.05, 0) is 57.2 Å². The van der Waals surface area contributed by atoms with E-state index in [4.69, 9.17) is 9.31 Å². The minimum Gasteiger partial charge on any atom is -0.481 e. The maximum absolute atomic E-state index is 12.4. The lowest BCUT2D eigenvalue weighted by molar-refractivity contribution is -0.137. The highest BCUT2D eigenvalue weighted by Crippen LogP contribution is 2.42. The predicted octanol–water partition coefficient (Wildman–Crippen LogP) is 4.49. The summed E-state index contributed by atoms with van der Waals surface area (Å²) in [5.41, 5.74) is -5.05. The molecular formula is C16H20BF3O4S. The molecule has 9 heteroatoms. The van der Waals surface area contributed by atoms with Gasteiger partial charge in [-0.2, -0.15) is 13.2 Å². The second kappa shape index (κ2) is 6.85. The summed E-state index contributed by atoms with van der Waals surface area (Å²) in [6.45, 7) is 7.42. The van der Waals surface area contributed by atoms with E-state index in [1.807, 2.05) is 27.7 Å². The highest BCUT2D eigenvalue weighted by atomic mass is 32.2. The van der Waals surface area contributed by atoms with Gasteiger partial charge < -0.3 is 14.4 Å². The van der Waals surface area contributed by atoms with Crippen molar-refractivity contribution < 1.29 is 32.4 Å². The predicted molar refractivity (Wildman–Crippen MR) is 89.4 cm³/mol. The summed E-state index contributed by atoms with van der Waals surface area (Å²) in [5.74, 6) is -1.66. The van der Waals surface area contributed by atoms with Crippen molar-refractivity contribution in [2.45, 2.75) is 61.5 Å². The quantitative estimate of drug-likeness (QED) is 0.606. The van der Waals surface area contributed by atoms with Crippen LogP contribution in [0.25, 0.3) is 0 Å². The Labute approximate surface area is 149 Å². The van der Waals surface area contributed by atoms with Crippen LogP contribution in [0.5, 0.6) is 0 Å². The van der Waals surface area contributed by atoms with E-state index in [1.165, 1.54) is 24.3 Å². The second-order valence-electron chi connectivity index (χ2n) is 6.95. The molecule has 1 heterocycles. The first-order valence-electron chi connectivity index (χ1n) is 7.74. The highest BCUT2D eigenvalue weighted by molar-refractivity contribution is 8.00. The van der Waals surface area contributed by atoms with Crippen molar-refractivity contribution in [2.24, 2.45) is 0 Å². The molecule has 138 valence electrons. The third kappa shape index (κ3) is 4.92. The van der Waals surface area contributed by atoms with Crippen molar-refractivity contribution in [3.05, 3.63) is 29.8 Å². The van der Waals surface area contributed by atoms with E-state index in [9.17, 15) is 23.1 Å². The molecule has 1 aromatic carbocycles. The van der Waals surface area contributed by atoms with Crippen LogP contribution in [0.3, 0.4) is 0 Å². The second-order valence-corrected chi connectivity index (χ2v) is 8.08. The third-order valence-electron chi connectivity index (χ3n) is 4.54. The number of carboxylic acid groups (broad SMARTS) is 1. The average molecular weight is 376 g/mol. The Morgan fingerprint density at radius 1 is 1.16 bits per heavy atom. The first-order chi connectivity index (χ1) is 11.3. The van der Waals surface area contributed by atoms with Gasteiger partial charge in [0.05, 0.1) is 17.6 Å². The zero-order valence-corrected chi connectivity index (χ0v) is 15.2. The van der Waals surface area contributed by atoms with Gasteiger partial charge in [0.25, 0.3) is 0 Å². The van der Waals surface area contributed by atoms with E-state index < -0.39 is 35.6 Å². The average Bonchev–Trinajstić information content (AvgIpc) is 2.64. The first kappa shape index (κ1) is 20.1. The summed E-state index contributed by atoms with van der Waals surface area (Å²) in [4.78, 5) is 11.3. The normalized spacial score (nSPS) is 20.5. The molecule has 1 fully saturated rings. The van der Waals surface area contributed by atoms with E-state index in [0.29, 0.717) is 5.56 Å². The Balaban J connectivity index is 2.25. The number of benzene rings is 1. The Kier molecular flexibility index (Phi) is 5.52. The van der Waals surface area contributed by atoms with E-state index in [2.05, 4.69) is 0 Å². The Morgan fingerprint density at radius 2 is 1.64 bits per heavy atom. The number of rotatable bonds is 5. The maximum atomic E-state index is 12.4. The van der Waals surface area contributed by atoms with Crippen molar-refractivity contribution >= 4 is 24.8 Å². The number of alkyl halides is 3. The fourth-order valence-corrected chi connectivity index (χ4v) is 3.07. The number of hydrogen-bond donors (Lipinski definition) is 1. The summed E-state index contributed by atoms with van der Waals surface area (Å²) in [6, 6.07) is 5.64. The van der Waals surface area contributed by atoms with Crippen LogP contribution in [0.15, 0.2) is 29.2 Å². The Bertz CT molecular complexity index is 615. The Hall–Kier alpha value is -1.19. The first-order valence-corrected chi connectivity index (χ1v) is 8.55. The molecule has 1 atom stereocenters. The molecule has 2 rings (SSSR count). The van der Waals surface area contributed by atoms with Gasteiger partial charge in [-0.15, -0.1) is 0 Å². The van der Waals surface area contributed by atoms with E-state index >= 15 is 0 Å². The minimum atomic E-state index is -4.37. The number of hydrogen-bond acceptors (Lipinski definition) is 4. The van der Waals surface area contributed by atoms with Crippen LogP contribution in [-0.4, -0.2) is 34.9 Å². The van der Waals surface area contributed by atoms with Crippen molar-refractivity contribution in [2.75, 3.05) is 0 Å². The minimum absolute atomic E-state index is 0.0410. The summed E-state index contributed by atoms with van der Waals surface area (Å²) in [6.07, 6.45) is -0.247. The van der Waals surface area contributed by atoms with Gasteiger partial charge >= 0.3 is 18.6 Å². The van der Waals surface area contributed by atoms with E-state index in [1.54, 1.807) is 0 Å². The lowest BCUT2D eigenvalue weighted by atomic mass is 9.66. The van der Waals surface area contributed by atoms with Crippen molar-refractivity contribution in [3.63, 3.8) is 0 Å². The van der Waals surface area contributed by atoms with Crippen molar-refractivity contribution in [1.82, 2.24) is 0 Å². The molecule has 25 heavy (non-hydrogen) atoms. The van der Waals surface area contributed by atoms with E-state index in [-0.39, 0.29) is 23.1 Å². The van der Waals surface area contributed by atoms with Crippen LogP contribution in [0, 0.1) is 0 Å². The molecule has 1 N–H and O–H groups in total. The number of carbonyl (C=O) groups is 1. The van der Waals surface area contributed by atoms with Crippen LogP contribution in [0.2, 0.25) is 0 Å². The third-order valence-corrected chi connectivity index (χ3v) is 5.28. The summed E-state index contributed by atoms with van der Waals surface area (Å²) in [5, 5.41) is 9.21. The summed E-state index contributed by atoms with van der Waals surface area (Å²) in [7, 11) is -0.790. The van der Waals surface area contributed by atoms with E-state index in [0.717, 1.165) is 0 Å². The van der Waals surface area contributed by atoms with Gasteiger partial charge in [0.1, 0.15) is 0 Å². The summed E-state index contributed by atoms with van der Waals surface area (Å²) < 4.78 is 49.1. The SMILES string of the molecule is CC1(C)OB(C(CC(=O)O)c2ccc(SC(F)(F)F)cc2)OC1(C)C. The number of aliphatic carboxylic acids is 1. The van der Waals surface area contributed by atoms with Gasteiger partial charge in [0.15, 0.2) is 0 Å². The molecule has 0 radical (unpaired) electrons. The molecule has 1 unspecified atom stereocenters. The lowest BCUT2D eigenvalue weighted by Crippen LogP contribution is -2.41. The molecule has 0 amide bonds. The molecule has 0 saturated carbocycles. The van der Waals surface area contributed by atoms with Crippen LogP contribution in [-0.2, 0) is 14.1 Å². The number of halogens is 3. The standard InChI is InChI=1S/C16H20BF3O4S/c1-14(2)15(3,4)24-17(23-14)12(9-13(21)22)10-5-7-11(8-6-10)25-16(18,19)20/h5-8,12H,9H2,1-4H3,(H,21,22).